The molecule has 1 aliphatic heterocycles. The molecule has 2 N–H and O–H groups in total. The van der Waals surface area contributed by atoms with Gasteiger partial charge in [0.25, 0.3) is 0 Å². The summed E-state index contributed by atoms with van der Waals surface area (Å²) < 4.78 is 4.50. The second-order valence-corrected chi connectivity index (χ2v) is 0.724. The Balaban J connectivity index is 0.0000000833. The van der Waals surface area contributed by atoms with E-state index in [1.807, 2.05) is 4.91 Å². The van der Waals surface area contributed by atoms with E-state index in [-0.39, 0.29) is 0 Å². The smallest absolute Gasteiger partial charge is 0.211 e. The van der Waals surface area contributed by atoms with E-state index < -0.39 is 0 Å². The molecule has 0 aromatic carbocycles. The molecule has 0 unspecified atom stereocenters. The Morgan fingerprint density at radius 2 is 1.50 bits per heavy atom. The monoisotopic (exact) mass is 88.1 g/mol. The van der Waals surface area contributed by atoms with Gasteiger partial charge in [0.15, 0.2) is 0 Å². The van der Waals surface area contributed by atoms with Crippen LogP contribution in [0.5, 0.6) is 0 Å². The quantitative estimate of drug-likeness (QED) is 0.246. The molecule has 0 bridgehead atoms. The van der Waals surface area contributed by atoms with Gasteiger partial charge in [-0.25, -0.2) is 0 Å². The van der Waals surface area contributed by atoms with Gasteiger partial charge in [0.05, 0.1) is 13.2 Å². The van der Waals surface area contributed by atoms with Gasteiger partial charge in [0.2, 0.25) is 4.91 Å². The first-order valence-corrected chi connectivity index (χ1v) is 1.52. The molecule has 6 heavy (non-hydrogen) atoms. The van der Waals surface area contributed by atoms with Crippen LogP contribution in [-0.2, 0) is 4.74 Å². The highest BCUT2D eigenvalue weighted by Crippen LogP contribution is 1.84. The zero-order chi connectivity index (χ0) is 4.83. The van der Waals surface area contributed by atoms with E-state index in [1.54, 1.807) is 0 Å². The molecule has 0 radical (unpaired) electrons. The van der Waals surface area contributed by atoms with Crippen molar-refractivity contribution < 1.29 is 4.74 Å². The van der Waals surface area contributed by atoms with E-state index in [9.17, 15) is 0 Å². The van der Waals surface area contributed by atoms with Crippen molar-refractivity contribution in [2.45, 2.75) is 0 Å². The fourth-order valence-electron chi connectivity index (χ4n) is 0. The SMILES string of the molecule is C1CO1.N=[N+]=N. The van der Waals surface area contributed by atoms with E-state index >= 15 is 0 Å². The van der Waals surface area contributed by atoms with Crippen LogP contribution in [0.15, 0.2) is 0 Å². The van der Waals surface area contributed by atoms with E-state index in [0.717, 1.165) is 13.2 Å². The highest BCUT2D eigenvalue weighted by molar-refractivity contribution is 4.36. The summed E-state index contributed by atoms with van der Waals surface area (Å²) in [6.45, 7) is 2.00. The molecule has 0 spiro atoms. The molecule has 1 rings (SSSR count). The minimum atomic E-state index is 1.00. The van der Waals surface area contributed by atoms with Crippen LogP contribution in [0.2, 0.25) is 0 Å². The molecule has 1 heterocycles. The Morgan fingerprint density at radius 1 is 1.33 bits per heavy atom. The zero-order valence-corrected chi connectivity index (χ0v) is 3.27. The van der Waals surface area contributed by atoms with Gasteiger partial charge in [0, 0.05) is 0 Å². The summed E-state index contributed by atoms with van der Waals surface area (Å²) in [6.07, 6.45) is 0. The van der Waals surface area contributed by atoms with Crippen LogP contribution in [0.3, 0.4) is 0 Å². The highest BCUT2D eigenvalue weighted by Gasteiger charge is 1.94. The summed E-state index contributed by atoms with van der Waals surface area (Å²) in [5, 5.41) is 0. The van der Waals surface area contributed by atoms with Crippen molar-refractivity contribution in [1.82, 2.24) is 4.91 Å². The molecule has 0 saturated carbocycles. The second kappa shape index (κ2) is 4.27. The van der Waals surface area contributed by atoms with Gasteiger partial charge >= 0.3 is 0 Å². The number of hydrogen-bond donors (Lipinski definition) is 2. The predicted octanol–water partition coefficient (Wildman–Crippen LogP) is 0.132. The normalized spacial score (nSPS) is 13.3. The lowest BCUT2D eigenvalue weighted by atomic mass is 11.0. The van der Waals surface area contributed by atoms with Crippen LogP contribution in [0.4, 0.5) is 0 Å². The Hall–Kier alpha value is -0.730. The van der Waals surface area contributed by atoms with Crippen molar-refractivity contribution in [1.29, 1.82) is 11.1 Å². The molecule has 1 saturated heterocycles. The fourth-order valence-corrected chi connectivity index (χ4v) is 0. The number of rotatable bonds is 0. The molecule has 0 aromatic rings. The van der Waals surface area contributed by atoms with E-state index in [4.69, 9.17) is 11.1 Å². The van der Waals surface area contributed by atoms with Crippen molar-refractivity contribution in [2.75, 3.05) is 13.2 Å². The third kappa shape index (κ3) is 231. The Bertz CT molecular complexity index is 51.1. The summed E-state index contributed by atoms with van der Waals surface area (Å²) in [5.41, 5.74) is 11.0. The molecular weight excluding hydrogens is 82.0 g/mol. The van der Waals surface area contributed by atoms with Gasteiger partial charge in [-0.3, -0.25) is 0 Å². The van der Waals surface area contributed by atoms with Gasteiger partial charge in [0.1, 0.15) is 11.1 Å². The summed E-state index contributed by atoms with van der Waals surface area (Å²) in [5.74, 6) is 0. The first kappa shape index (κ1) is 5.27. The maximum Gasteiger partial charge on any atom is 0.211 e. The lowest BCUT2D eigenvalue weighted by Crippen LogP contribution is -1.24. The summed E-state index contributed by atoms with van der Waals surface area (Å²) >= 11 is 0. The zero-order valence-electron chi connectivity index (χ0n) is 3.27. The minimum Gasteiger partial charge on any atom is -0.377 e. The first-order chi connectivity index (χ1) is 2.91. The van der Waals surface area contributed by atoms with Gasteiger partial charge in [-0.2, -0.15) is 0 Å². The fraction of sp³-hybridized carbons (Fsp3) is 1.00. The molecular formula is C2H6N3O+. The predicted molar refractivity (Wildman–Crippen MR) is 18.4 cm³/mol. The van der Waals surface area contributed by atoms with Crippen molar-refractivity contribution in [3.8, 4) is 0 Å². The summed E-state index contributed by atoms with van der Waals surface area (Å²) in [7, 11) is 0. The summed E-state index contributed by atoms with van der Waals surface area (Å²) in [6, 6.07) is 0. The van der Waals surface area contributed by atoms with Gasteiger partial charge in [-0.15, -0.1) is 0 Å². The second-order valence-electron chi connectivity index (χ2n) is 0.724. The lowest BCUT2D eigenvalue weighted by Gasteiger charge is -1.24. The topological polar surface area (TPSA) is 74.3 Å². The van der Waals surface area contributed by atoms with Crippen molar-refractivity contribution in [2.24, 2.45) is 0 Å². The molecule has 4 nitrogen and oxygen atoms in total. The molecule has 0 atom stereocenters. The van der Waals surface area contributed by atoms with Crippen molar-refractivity contribution in [3.05, 3.63) is 0 Å². The van der Waals surface area contributed by atoms with Crippen LogP contribution in [0, 0.1) is 11.1 Å². The molecule has 34 valence electrons. The molecule has 1 fully saturated rings. The van der Waals surface area contributed by atoms with Gasteiger partial charge < -0.3 is 4.74 Å². The van der Waals surface area contributed by atoms with Gasteiger partial charge in [-0.1, -0.05) is 0 Å². The lowest BCUT2D eigenvalue weighted by molar-refractivity contribution is 0.475. The van der Waals surface area contributed by atoms with E-state index in [0.29, 0.717) is 0 Å². The number of hydrogen-bond acceptors (Lipinski definition) is 3. The molecule has 1 aliphatic rings. The largest absolute Gasteiger partial charge is 0.377 e. The third-order valence-electron chi connectivity index (χ3n) is 0.204. The van der Waals surface area contributed by atoms with Crippen LogP contribution in [0.25, 0.3) is 0 Å². The highest BCUT2D eigenvalue weighted by atomic mass is 16.6. The Kier molecular flexibility index (Phi) is 3.75. The van der Waals surface area contributed by atoms with Gasteiger partial charge in [-0.05, 0) is 0 Å². The van der Waals surface area contributed by atoms with Crippen LogP contribution >= 0.6 is 0 Å². The van der Waals surface area contributed by atoms with E-state index in [2.05, 4.69) is 4.74 Å². The molecule has 0 aromatic heterocycles. The number of nitrogens with zero attached hydrogens (tertiary/aromatic N) is 1. The van der Waals surface area contributed by atoms with Crippen molar-refractivity contribution >= 4 is 0 Å². The number of epoxide rings is 1. The Morgan fingerprint density at radius 3 is 1.50 bits per heavy atom. The minimum absolute atomic E-state index is 1.00. The average Bonchev–Trinajstić information content (AvgIpc) is 2.11. The molecule has 0 amide bonds. The standard InChI is InChI=1S/C2H4O.H2N3/c1-2-3-1;1-3-2/h1-2H2;1-2H/q;+1. The first-order valence-electron chi connectivity index (χ1n) is 1.52. The van der Waals surface area contributed by atoms with Crippen molar-refractivity contribution in [3.63, 3.8) is 0 Å². The van der Waals surface area contributed by atoms with E-state index in [1.165, 1.54) is 0 Å². The molecule has 0 aliphatic carbocycles. The number of nitrogens with one attached hydrogen (secondary N) is 2. The van der Waals surface area contributed by atoms with Crippen LogP contribution < -0.4 is 4.91 Å². The maximum absolute atomic E-state index is 5.50. The third-order valence-corrected chi connectivity index (χ3v) is 0.204. The van der Waals surface area contributed by atoms with Crippen LogP contribution in [-0.4, -0.2) is 13.2 Å². The number of ether oxygens (including phenoxy) is 1. The average molecular weight is 88.1 g/mol. The van der Waals surface area contributed by atoms with Crippen LogP contribution in [0.1, 0.15) is 0 Å². The Labute approximate surface area is 35.1 Å². The molecule has 4 heteroatoms. The maximum atomic E-state index is 5.50. The summed E-state index contributed by atoms with van der Waals surface area (Å²) in [4.78, 5) is 2.00.